The molecule has 3 heteroatoms. The van der Waals surface area contributed by atoms with E-state index in [1.807, 2.05) is 31.2 Å². The summed E-state index contributed by atoms with van der Waals surface area (Å²) in [5, 5.41) is 1.21. The minimum Gasteiger partial charge on any atom is -0.335 e. The smallest absolute Gasteiger partial charge is 0.108 e. The first-order chi connectivity index (χ1) is 10.2. The van der Waals surface area contributed by atoms with Crippen LogP contribution >= 0.6 is 0 Å². The second-order valence-electron chi connectivity index (χ2n) is 5.59. The quantitative estimate of drug-likeness (QED) is 0.621. The zero-order valence-electron chi connectivity index (χ0n) is 12.7. The number of nitrogens with zero attached hydrogens (tertiary/aromatic N) is 3. The summed E-state index contributed by atoms with van der Waals surface area (Å²) in [6, 6.07) is 12.3. The van der Waals surface area contributed by atoms with E-state index in [0.29, 0.717) is 0 Å². The Kier molecular flexibility index (Phi) is 4.00. The maximum absolute atomic E-state index is 4.41. The summed E-state index contributed by atoms with van der Waals surface area (Å²) in [5.74, 6) is 1.28. The van der Waals surface area contributed by atoms with Gasteiger partial charge in [-0.25, -0.2) is 4.98 Å². The third-order valence-electron chi connectivity index (χ3n) is 3.77. The molecule has 1 aliphatic rings. The topological polar surface area (TPSA) is 30.7 Å². The van der Waals surface area contributed by atoms with Gasteiger partial charge in [-0.15, -0.1) is 0 Å². The highest BCUT2D eigenvalue weighted by atomic mass is 15.1. The number of benzene rings is 1. The molecule has 1 aliphatic heterocycles. The SMILES string of the molecule is Cc1ccc2ccccc2n1.Cc1cn2c(n1)CCCC2. The predicted octanol–water partition coefficient (Wildman–Crippen LogP) is 4.07. The van der Waals surface area contributed by atoms with Crippen molar-refractivity contribution in [2.24, 2.45) is 0 Å². The van der Waals surface area contributed by atoms with Crippen LogP contribution < -0.4 is 0 Å². The fourth-order valence-electron chi connectivity index (χ4n) is 2.72. The lowest BCUT2D eigenvalue weighted by molar-refractivity contribution is 0.522. The first kappa shape index (κ1) is 13.8. The number of pyridine rings is 1. The van der Waals surface area contributed by atoms with Gasteiger partial charge in [0.2, 0.25) is 0 Å². The molecule has 0 unspecified atom stereocenters. The van der Waals surface area contributed by atoms with Crippen molar-refractivity contribution in [1.82, 2.24) is 14.5 Å². The zero-order valence-corrected chi connectivity index (χ0v) is 12.7. The molecule has 0 spiro atoms. The lowest BCUT2D eigenvalue weighted by atomic mass is 10.2. The van der Waals surface area contributed by atoms with Crippen molar-refractivity contribution in [3.05, 3.63) is 59.8 Å². The molecular formula is C18H21N3. The van der Waals surface area contributed by atoms with Gasteiger partial charge in [-0.1, -0.05) is 24.3 Å². The zero-order chi connectivity index (χ0) is 14.7. The van der Waals surface area contributed by atoms with Crippen molar-refractivity contribution in [3.63, 3.8) is 0 Å². The molecule has 21 heavy (non-hydrogen) atoms. The van der Waals surface area contributed by atoms with E-state index in [-0.39, 0.29) is 0 Å². The first-order valence-corrected chi connectivity index (χ1v) is 7.57. The molecule has 0 aliphatic carbocycles. The Morgan fingerprint density at radius 3 is 2.62 bits per heavy atom. The minimum absolute atomic E-state index is 1.07. The molecule has 4 rings (SSSR count). The van der Waals surface area contributed by atoms with Crippen molar-refractivity contribution < 1.29 is 0 Å². The van der Waals surface area contributed by atoms with Crippen LogP contribution in [0.5, 0.6) is 0 Å². The first-order valence-electron chi connectivity index (χ1n) is 7.57. The van der Waals surface area contributed by atoms with E-state index >= 15 is 0 Å². The van der Waals surface area contributed by atoms with E-state index in [1.165, 1.54) is 37.0 Å². The normalized spacial score (nSPS) is 13.4. The molecule has 0 amide bonds. The summed E-state index contributed by atoms with van der Waals surface area (Å²) in [4.78, 5) is 8.79. The molecule has 0 fully saturated rings. The maximum atomic E-state index is 4.41. The van der Waals surface area contributed by atoms with Gasteiger partial charge >= 0.3 is 0 Å². The standard InChI is InChI=1S/C10H9N.C8H12N2/c1-8-6-7-9-4-2-3-5-10(9)11-8;1-7-6-10-5-3-2-4-8(10)9-7/h2-7H,1H3;6H,2-5H2,1H3. The molecule has 2 aromatic heterocycles. The Labute approximate surface area is 125 Å². The largest absolute Gasteiger partial charge is 0.335 e. The third kappa shape index (κ3) is 3.30. The second kappa shape index (κ2) is 6.08. The molecule has 3 nitrogen and oxygen atoms in total. The van der Waals surface area contributed by atoms with E-state index in [1.54, 1.807) is 0 Å². The molecule has 0 saturated heterocycles. The molecule has 0 N–H and O–H groups in total. The van der Waals surface area contributed by atoms with Crippen LogP contribution in [-0.4, -0.2) is 14.5 Å². The molecule has 0 radical (unpaired) electrons. The lowest BCUT2D eigenvalue weighted by Crippen LogP contribution is -2.08. The van der Waals surface area contributed by atoms with Crippen LogP contribution in [0, 0.1) is 13.8 Å². The highest BCUT2D eigenvalue weighted by Gasteiger charge is 2.09. The van der Waals surface area contributed by atoms with Crippen molar-refractivity contribution in [2.45, 2.75) is 39.7 Å². The van der Waals surface area contributed by atoms with Gasteiger partial charge < -0.3 is 4.57 Å². The Hall–Kier alpha value is -2.16. The van der Waals surface area contributed by atoms with Crippen LogP contribution in [0.4, 0.5) is 0 Å². The summed E-state index contributed by atoms with van der Waals surface area (Å²) in [7, 11) is 0. The number of para-hydroxylation sites is 1. The lowest BCUT2D eigenvalue weighted by Gasteiger charge is -2.11. The van der Waals surface area contributed by atoms with Gasteiger partial charge in [-0.2, -0.15) is 0 Å². The van der Waals surface area contributed by atoms with Gasteiger partial charge in [-0.05, 0) is 38.8 Å². The average Bonchev–Trinajstić information content (AvgIpc) is 2.88. The third-order valence-corrected chi connectivity index (χ3v) is 3.77. The van der Waals surface area contributed by atoms with Gasteiger partial charge in [-0.3, -0.25) is 4.98 Å². The summed E-state index contributed by atoms with van der Waals surface area (Å²) in [5.41, 5.74) is 3.31. The van der Waals surface area contributed by atoms with E-state index in [0.717, 1.165) is 16.9 Å². The van der Waals surface area contributed by atoms with Crippen molar-refractivity contribution in [2.75, 3.05) is 0 Å². The minimum atomic E-state index is 1.07. The van der Waals surface area contributed by atoms with E-state index < -0.39 is 0 Å². The fraction of sp³-hybridized carbons (Fsp3) is 0.333. The van der Waals surface area contributed by atoms with E-state index in [4.69, 9.17) is 0 Å². The maximum Gasteiger partial charge on any atom is 0.108 e. The Bertz CT molecular complexity index is 720. The van der Waals surface area contributed by atoms with Crippen molar-refractivity contribution >= 4 is 10.9 Å². The highest BCUT2D eigenvalue weighted by Crippen LogP contribution is 2.13. The van der Waals surface area contributed by atoms with Gasteiger partial charge in [0, 0.05) is 30.2 Å². The van der Waals surface area contributed by atoms with E-state index in [2.05, 4.69) is 39.8 Å². The molecule has 0 bridgehead atoms. The number of hydrogen-bond acceptors (Lipinski definition) is 2. The average molecular weight is 279 g/mol. The van der Waals surface area contributed by atoms with Crippen LogP contribution in [0.3, 0.4) is 0 Å². The number of imidazole rings is 1. The molecule has 3 aromatic rings. The van der Waals surface area contributed by atoms with Crippen LogP contribution in [-0.2, 0) is 13.0 Å². The molecule has 3 heterocycles. The monoisotopic (exact) mass is 279 g/mol. The van der Waals surface area contributed by atoms with Crippen LogP contribution in [0.25, 0.3) is 10.9 Å². The van der Waals surface area contributed by atoms with Crippen LogP contribution in [0.15, 0.2) is 42.6 Å². The molecule has 0 saturated carbocycles. The van der Waals surface area contributed by atoms with Gasteiger partial charge in [0.25, 0.3) is 0 Å². The van der Waals surface area contributed by atoms with Gasteiger partial charge in [0.15, 0.2) is 0 Å². The summed E-state index contributed by atoms with van der Waals surface area (Å²) in [6.07, 6.45) is 5.96. The van der Waals surface area contributed by atoms with Gasteiger partial charge in [0.05, 0.1) is 11.2 Å². The number of aryl methyl sites for hydroxylation is 4. The van der Waals surface area contributed by atoms with Crippen LogP contribution in [0.1, 0.15) is 30.1 Å². The number of fused-ring (bicyclic) bond motifs is 2. The Morgan fingerprint density at radius 2 is 1.76 bits per heavy atom. The summed E-state index contributed by atoms with van der Waals surface area (Å²) in [6.45, 7) is 5.24. The number of rotatable bonds is 0. The summed E-state index contributed by atoms with van der Waals surface area (Å²) >= 11 is 0. The van der Waals surface area contributed by atoms with E-state index in [9.17, 15) is 0 Å². The Morgan fingerprint density at radius 1 is 0.905 bits per heavy atom. The molecule has 108 valence electrons. The van der Waals surface area contributed by atoms with Crippen molar-refractivity contribution in [1.29, 1.82) is 0 Å². The molecule has 0 atom stereocenters. The Balaban J connectivity index is 0.000000126. The number of hydrogen-bond donors (Lipinski definition) is 0. The molecular weight excluding hydrogens is 258 g/mol. The number of aromatic nitrogens is 3. The second-order valence-corrected chi connectivity index (χ2v) is 5.59. The van der Waals surface area contributed by atoms with Crippen molar-refractivity contribution in [3.8, 4) is 0 Å². The van der Waals surface area contributed by atoms with Crippen LogP contribution in [0.2, 0.25) is 0 Å². The van der Waals surface area contributed by atoms with Gasteiger partial charge in [0.1, 0.15) is 5.82 Å². The predicted molar refractivity (Wildman–Crippen MR) is 86.4 cm³/mol. The highest BCUT2D eigenvalue weighted by molar-refractivity contribution is 5.78. The fourth-order valence-corrected chi connectivity index (χ4v) is 2.72. The summed E-state index contributed by atoms with van der Waals surface area (Å²) < 4.78 is 2.28. The molecule has 1 aromatic carbocycles.